The van der Waals surface area contributed by atoms with E-state index < -0.39 is 18.6 Å². The summed E-state index contributed by atoms with van der Waals surface area (Å²) in [5.41, 5.74) is 1.24. The van der Waals surface area contributed by atoms with Crippen LogP contribution in [-0.4, -0.2) is 40.6 Å². The van der Waals surface area contributed by atoms with Crippen LogP contribution in [0.1, 0.15) is 36.2 Å². The molecule has 4 rings (SSSR count). The zero-order valence-corrected chi connectivity index (χ0v) is 14.0. The molecule has 1 aromatic carbocycles. The van der Waals surface area contributed by atoms with Gasteiger partial charge in [-0.15, -0.1) is 0 Å². The molecule has 0 radical (unpaired) electrons. The lowest BCUT2D eigenvalue weighted by Crippen LogP contribution is -2.52. The molecule has 2 bridgehead atoms. The number of aromatic amines is 1. The fourth-order valence-corrected chi connectivity index (χ4v) is 4.33. The molecule has 0 aliphatic heterocycles. The van der Waals surface area contributed by atoms with E-state index >= 15 is 0 Å². The molecular weight excluding hydrogens is 318 g/mol. The van der Waals surface area contributed by atoms with Crippen molar-refractivity contribution >= 4 is 22.7 Å². The summed E-state index contributed by atoms with van der Waals surface area (Å²) in [6, 6.07) is 8.58. The minimum Gasteiger partial charge on any atom is -0.394 e. The third-order valence-corrected chi connectivity index (χ3v) is 5.64. The predicted molar refractivity (Wildman–Crippen MR) is 94.0 cm³/mol. The van der Waals surface area contributed by atoms with Crippen LogP contribution in [0.15, 0.2) is 30.3 Å². The lowest BCUT2D eigenvalue weighted by atomic mass is 9.95. The third-order valence-electron chi connectivity index (χ3n) is 5.64. The van der Waals surface area contributed by atoms with Crippen molar-refractivity contribution in [2.75, 3.05) is 6.61 Å². The monoisotopic (exact) mass is 341 g/mol. The van der Waals surface area contributed by atoms with Crippen molar-refractivity contribution in [1.29, 1.82) is 0 Å². The highest BCUT2D eigenvalue weighted by Gasteiger charge is 2.40. The Morgan fingerprint density at radius 2 is 2.08 bits per heavy atom. The maximum atomic E-state index is 12.4. The van der Waals surface area contributed by atoms with Crippen LogP contribution >= 0.6 is 0 Å². The number of amides is 2. The lowest BCUT2D eigenvalue weighted by Gasteiger charge is -2.25. The number of nitrogens with one attached hydrogen (secondary N) is 3. The summed E-state index contributed by atoms with van der Waals surface area (Å²) in [4.78, 5) is 27.9. The van der Waals surface area contributed by atoms with Crippen LogP contribution in [0.4, 0.5) is 0 Å². The molecule has 25 heavy (non-hydrogen) atoms. The van der Waals surface area contributed by atoms with Gasteiger partial charge in [-0.2, -0.15) is 0 Å². The van der Waals surface area contributed by atoms with Gasteiger partial charge in [-0.1, -0.05) is 24.6 Å². The number of aliphatic hydroxyl groups excluding tert-OH is 1. The second kappa shape index (κ2) is 6.52. The smallest absolute Gasteiger partial charge is 0.268 e. The number of fused-ring (bicyclic) bond motifs is 3. The Labute approximate surface area is 146 Å². The first kappa shape index (κ1) is 16.1. The number of aliphatic hydroxyl groups is 1. The van der Waals surface area contributed by atoms with Gasteiger partial charge in [0.25, 0.3) is 5.91 Å². The van der Waals surface area contributed by atoms with Crippen LogP contribution in [0.25, 0.3) is 10.9 Å². The van der Waals surface area contributed by atoms with Gasteiger partial charge in [0.15, 0.2) is 0 Å². The normalized spacial score (nSPS) is 25.9. The van der Waals surface area contributed by atoms with Gasteiger partial charge in [-0.05, 0) is 43.2 Å². The van der Waals surface area contributed by atoms with E-state index in [9.17, 15) is 14.7 Å². The van der Waals surface area contributed by atoms with Crippen molar-refractivity contribution in [2.45, 2.75) is 37.8 Å². The summed E-state index contributed by atoms with van der Waals surface area (Å²) < 4.78 is 0. The summed E-state index contributed by atoms with van der Waals surface area (Å²) in [6.45, 7) is -0.418. The molecule has 2 aliphatic carbocycles. The minimum atomic E-state index is -0.932. The molecule has 2 aromatic rings. The fraction of sp³-hybridized carbons (Fsp3) is 0.474. The van der Waals surface area contributed by atoms with Crippen molar-refractivity contribution in [2.24, 2.45) is 11.8 Å². The fourth-order valence-electron chi connectivity index (χ4n) is 4.33. The second-order valence-corrected chi connectivity index (χ2v) is 7.27. The summed E-state index contributed by atoms with van der Waals surface area (Å²) in [6.07, 6.45) is 4.64. The molecule has 1 heterocycles. The van der Waals surface area contributed by atoms with Gasteiger partial charge in [0.2, 0.25) is 5.91 Å². The van der Waals surface area contributed by atoms with Crippen molar-refractivity contribution in [3.63, 3.8) is 0 Å². The van der Waals surface area contributed by atoms with Gasteiger partial charge in [0.1, 0.15) is 11.7 Å². The highest BCUT2D eigenvalue weighted by molar-refractivity contribution is 6.00. The molecule has 6 nitrogen and oxygen atoms in total. The number of aromatic nitrogens is 1. The van der Waals surface area contributed by atoms with E-state index in [2.05, 4.69) is 15.6 Å². The number of H-pyrrole nitrogens is 1. The standard InChI is InChI=1S/C19H23N3O3/c23-10-17(19(25)21-15-8-11-5-6-13(15)7-11)22-18(24)16-9-12-3-1-2-4-14(12)20-16/h1-4,9,11,13,15,17,20,23H,5-8,10H2,(H,21,25)(H,22,24). The van der Waals surface area contributed by atoms with E-state index in [1.165, 1.54) is 19.3 Å². The first-order valence-electron chi connectivity index (χ1n) is 8.94. The van der Waals surface area contributed by atoms with Crippen LogP contribution in [0.2, 0.25) is 0 Å². The number of rotatable bonds is 5. The van der Waals surface area contributed by atoms with Gasteiger partial charge in [-0.3, -0.25) is 9.59 Å². The Morgan fingerprint density at radius 1 is 1.24 bits per heavy atom. The molecule has 6 heteroatoms. The zero-order chi connectivity index (χ0) is 17.4. The number of hydrogen-bond acceptors (Lipinski definition) is 3. The third kappa shape index (κ3) is 3.14. The highest BCUT2D eigenvalue weighted by Crippen LogP contribution is 2.44. The molecule has 2 saturated carbocycles. The molecular formula is C19H23N3O3. The zero-order valence-electron chi connectivity index (χ0n) is 14.0. The van der Waals surface area contributed by atoms with E-state index in [0.29, 0.717) is 11.6 Å². The molecule has 2 fully saturated rings. The molecule has 4 unspecified atom stereocenters. The van der Waals surface area contributed by atoms with E-state index in [-0.39, 0.29) is 11.9 Å². The number of carbonyl (C=O) groups is 2. The summed E-state index contributed by atoms with van der Waals surface area (Å²) >= 11 is 0. The Kier molecular flexibility index (Phi) is 4.21. The summed E-state index contributed by atoms with van der Waals surface area (Å²) in [5, 5.41) is 16.1. The molecule has 132 valence electrons. The quantitative estimate of drug-likeness (QED) is 0.665. The SMILES string of the molecule is O=C(NC(CO)C(=O)NC1CC2CCC1C2)c1cc2ccccc2[nH]1. The van der Waals surface area contributed by atoms with Gasteiger partial charge in [-0.25, -0.2) is 0 Å². The first-order chi connectivity index (χ1) is 12.1. The molecule has 0 saturated heterocycles. The van der Waals surface area contributed by atoms with Crippen LogP contribution in [0.5, 0.6) is 0 Å². The predicted octanol–water partition coefficient (Wildman–Crippen LogP) is 1.56. The van der Waals surface area contributed by atoms with Gasteiger partial charge in [0.05, 0.1) is 6.61 Å². The molecule has 1 aromatic heterocycles. The topological polar surface area (TPSA) is 94.2 Å². The van der Waals surface area contributed by atoms with E-state index in [1.807, 2.05) is 24.3 Å². The average Bonchev–Trinajstić information content (AvgIpc) is 3.33. The number of para-hydroxylation sites is 1. The highest BCUT2D eigenvalue weighted by atomic mass is 16.3. The van der Waals surface area contributed by atoms with Crippen LogP contribution < -0.4 is 10.6 Å². The minimum absolute atomic E-state index is 0.185. The number of hydrogen-bond donors (Lipinski definition) is 4. The van der Waals surface area contributed by atoms with Crippen LogP contribution in [0, 0.1) is 11.8 Å². The van der Waals surface area contributed by atoms with E-state index in [4.69, 9.17) is 0 Å². The van der Waals surface area contributed by atoms with Gasteiger partial charge < -0.3 is 20.7 Å². The maximum absolute atomic E-state index is 12.4. The lowest BCUT2D eigenvalue weighted by molar-refractivity contribution is -0.124. The molecule has 2 aliphatic rings. The Bertz CT molecular complexity index is 767. The molecule has 4 N–H and O–H groups in total. The van der Waals surface area contributed by atoms with Gasteiger partial charge >= 0.3 is 0 Å². The van der Waals surface area contributed by atoms with Crippen LogP contribution in [-0.2, 0) is 4.79 Å². The van der Waals surface area contributed by atoms with E-state index in [1.54, 1.807) is 6.07 Å². The Balaban J connectivity index is 1.40. The van der Waals surface area contributed by atoms with Gasteiger partial charge in [0, 0.05) is 16.9 Å². The second-order valence-electron chi connectivity index (χ2n) is 7.27. The Hall–Kier alpha value is -2.34. The van der Waals surface area contributed by atoms with E-state index in [0.717, 1.165) is 23.2 Å². The molecule has 2 amide bonds. The first-order valence-corrected chi connectivity index (χ1v) is 8.94. The summed E-state index contributed by atoms with van der Waals surface area (Å²) in [7, 11) is 0. The molecule has 4 atom stereocenters. The Morgan fingerprint density at radius 3 is 2.76 bits per heavy atom. The maximum Gasteiger partial charge on any atom is 0.268 e. The van der Waals surface area contributed by atoms with Crippen molar-refractivity contribution in [3.8, 4) is 0 Å². The average molecular weight is 341 g/mol. The number of benzene rings is 1. The molecule has 0 spiro atoms. The largest absolute Gasteiger partial charge is 0.394 e. The van der Waals surface area contributed by atoms with Crippen LogP contribution in [0.3, 0.4) is 0 Å². The summed E-state index contributed by atoms with van der Waals surface area (Å²) in [5.74, 6) is 0.587. The van der Waals surface area contributed by atoms with Crippen molar-refractivity contribution < 1.29 is 14.7 Å². The van der Waals surface area contributed by atoms with Crippen molar-refractivity contribution in [1.82, 2.24) is 15.6 Å². The number of carbonyl (C=O) groups excluding carboxylic acids is 2. The van der Waals surface area contributed by atoms with Crippen molar-refractivity contribution in [3.05, 3.63) is 36.0 Å².